The van der Waals surface area contributed by atoms with E-state index in [2.05, 4.69) is 15.0 Å². The molecule has 0 unspecified atom stereocenters. The second-order valence-electron chi connectivity index (χ2n) is 5.58. The van der Waals surface area contributed by atoms with E-state index >= 15 is 0 Å². The Balaban J connectivity index is 2.28. The Bertz CT molecular complexity index is 683. The normalized spacial score (nSPS) is 11.2. The zero-order valence-electron chi connectivity index (χ0n) is 12.4. The van der Waals surface area contributed by atoms with E-state index in [4.69, 9.17) is 4.74 Å². The summed E-state index contributed by atoms with van der Waals surface area (Å²) in [6.07, 6.45) is 1.10. The molecule has 0 bridgehead atoms. The first kappa shape index (κ1) is 14.9. The van der Waals surface area contributed by atoms with Crippen LogP contribution in [-0.4, -0.2) is 29.8 Å². The predicted molar refractivity (Wildman–Crippen MR) is 79.5 cm³/mol. The van der Waals surface area contributed by atoms with E-state index < -0.39 is 17.7 Å². The molecule has 21 heavy (non-hydrogen) atoms. The minimum atomic E-state index is -0.576. The second-order valence-corrected chi connectivity index (χ2v) is 5.58. The van der Waals surface area contributed by atoms with Crippen molar-refractivity contribution in [3.05, 3.63) is 30.0 Å². The Morgan fingerprint density at radius 2 is 1.95 bits per heavy atom. The van der Waals surface area contributed by atoms with Crippen molar-refractivity contribution in [2.75, 3.05) is 12.4 Å². The molecule has 6 nitrogen and oxygen atoms in total. The molecule has 0 fully saturated rings. The standard InChI is InChI=1S/C15H18N2O4/c1-15(2,3)21-14(19)17-12-8-16-11-6-5-9(7-10(11)12)13(18)20-4/h5-8,16H,1-4H3,(H,17,19). The molecule has 1 aromatic carbocycles. The number of ether oxygens (including phenoxy) is 2. The summed E-state index contributed by atoms with van der Waals surface area (Å²) in [5.41, 5.74) is 1.18. The number of amides is 1. The average molecular weight is 290 g/mol. The largest absolute Gasteiger partial charge is 0.465 e. The number of carbonyl (C=O) groups excluding carboxylic acids is 2. The zero-order chi connectivity index (χ0) is 15.6. The van der Waals surface area contributed by atoms with Crippen molar-refractivity contribution in [1.29, 1.82) is 0 Å². The number of benzene rings is 1. The van der Waals surface area contributed by atoms with Crippen molar-refractivity contribution < 1.29 is 19.1 Å². The summed E-state index contributed by atoms with van der Waals surface area (Å²) in [5, 5.41) is 3.37. The molecule has 1 aromatic heterocycles. The van der Waals surface area contributed by atoms with Crippen LogP contribution in [0, 0.1) is 0 Å². The molecule has 112 valence electrons. The number of fused-ring (bicyclic) bond motifs is 1. The maximum Gasteiger partial charge on any atom is 0.412 e. The molecule has 0 aliphatic heterocycles. The van der Waals surface area contributed by atoms with Gasteiger partial charge in [-0.2, -0.15) is 0 Å². The summed E-state index contributed by atoms with van der Waals surface area (Å²) in [6, 6.07) is 5.06. The van der Waals surface area contributed by atoms with Crippen LogP contribution in [0.4, 0.5) is 10.5 Å². The van der Waals surface area contributed by atoms with Crippen LogP contribution < -0.4 is 5.32 Å². The van der Waals surface area contributed by atoms with Crippen molar-refractivity contribution in [1.82, 2.24) is 4.98 Å². The van der Waals surface area contributed by atoms with Crippen LogP contribution in [0.25, 0.3) is 10.9 Å². The summed E-state index contributed by atoms with van der Waals surface area (Å²) in [5.74, 6) is -0.429. The number of nitrogens with one attached hydrogen (secondary N) is 2. The van der Waals surface area contributed by atoms with Gasteiger partial charge in [0.15, 0.2) is 0 Å². The zero-order valence-corrected chi connectivity index (χ0v) is 12.4. The SMILES string of the molecule is COC(=O)c1ccc2[nH]cc(NC(=O)OC(C)(C)C)c2c1. The Morgan fingerprint density at radius 1 is 1.24 bits per heavy atom. The Morgan fingerprint density at radius 3 is 2.57 bits per heavy atom. The fourth-order valence-electron chi connectivity index (χ4n) is 1.88. The summed E-state index contributed by atoms with van der Waals surface area (Å²) in [7, 11) is 1.32. The highest BCUT2D eigenvalue weighted by Gasteiger charge is 2.18. The number of aromatic amines is 1. The third-order valence-corrected chi connectivity index (χ3v) is 2.74. The van der Waals surface area contributed by atoms with Gasteiger partial charge < -0.3 is 14.5 Å². The lowest BCUT2D eigenvalue weighted by atomic mass is 10.1. The number of hydrogen-bond donors (Lipinski definition) is 2. The predicted octanol–water partition coefficient (Wildman–Crippen LogP) is 3.30. The van der Waals surface area contributed by atoms with Crippen LogP contribution in [0.1, 0.15) is 31.1 Å². The van der Waals surface area contributed by atoms with Crippen molar-refractivity contribution in [3.63, 3.8) is 0 Å². The first-order valence-electron chi connectivity index (χ1n) is 6.49. The fraction of sp³-hybridized carbons (Fsp3) is 0.333. The molecule has 0 radical (unpaired) electrons. The van der Waals surface area contributed by atoms with Crippen LogP contribution in [0.2, 0.25) is 0 Å². The first-order chi connectivity index (χ1) is 9.80. The molecular formula is C15H18N2O4. The molecule has 0 spiro atoms. The van der Waals surface area contributed by atoms with Gasteiger partial charge in [-0.1, -0.05) is 0 Å². The molecule has 0 atom stereocenters. The average Bonchev–Trinajstić information content (AvgIpc) is 2.78. The van der Waals surface area contributed by atoms with E-state index in [1.54, 1.807) is 45.2 Å². The van der Waals surface area contributed by atoms with Crippen LogP contribution in [0.3, 0.4) is 0 Å². The van der Waals surface area contributed by atoms with E-state index in [0.717, 1.165) is 5.52 Å². The third-order valence-electron chi connectivity index (χ3n) is 2.74. The van der Waals surface area contributed by atoms with Crippen LogP contribution in [0.5, 0.6) is 0 Å². The third kappa shape index (κ3) is 3.53. The smallest absolute Gasteiger partial charge is 0.412 e. The molecular weight excluding hydrogens is 272 g/mol. The maximum atomic E-state index is 11.8. The number of carbonyl (C=O) groups is 2. The van der Waals surface area contributed by atoms with Gasteiger partial charge in [0.1, 0.15) is 5.60 Å². The number of hydrogen-bond acceptors (Lipinski definition) is 4. The molecule has 0 saturated heterocycles. The summed E-state index contributed by atoms with van der Waals surface area (Å²) < 4.78 is 9.89. The van der Waals surface area contributed by atoms with E-state index in [1.165, 1.54) is 7.11 Å². The Hall–Kier alpha value is -2.50. The van der Waals surface area contributed by atoms with E-state index in [1.807, 2.05) is 0 Å². The second kappa shape index (κ2) is 5.47. The molecule has 0 aliphatic rings. The highest BCUT2D eigenvalue weighted by atomic mass is 16.6. The van der Waals surface area contributed by atoms with Gasteiger partial charge in [-0.3, -0.25) is 5.32 Å². The molecule has 1 heterocycles. The molecule has 2 N–H and O–H groups in total. The number of methoxy groups -OCH3 is 1. The lowest BCUT2D eigenvalue weighted by molar-refractivity contribution is 0.0598. The van der Waals surface area contributed by atoms with E-state index in [-0.39, 0.29) is 0 Å². The van der Waals surface area contributed by atoms with E-state index in [9.17, 15) is 9.59 Å². The Labute approximate surface area is 122 Å². The molecule has 0 saturated carbocycles. The Kier molecular flexibility index (Phi) is 3.88. The van der Waals surface area contributed by atoms with Crippen LogP contribution in [0.15, 0.2) is 24.4 Å². The minimum Gasteiger partial charge on any atom is -0.465 e. The quantitative estimate of drug-likeness (QED) is 0.831. The lowest BCUT2D eigenvalue weighted by Crippen LogP contribution is -2.27. The molecule has 1 amide bonds. The molecule has 6 heteroatoms. The monoisotopic (exact) mass is 290 g/mol. The molecule has 0 aliphatic carbocycles. The van der Waals surface area contributed by atoms with Crippen molar-refractivity contribution in [2.45, 2.75) is 26.4 Å². The van der Waals surface area contributed by atoms with Gasteiger partial charge in [0.25, 0.3) is 0 Å². The number of H-pyrrole nitrogens is 1. The van der Waals surface area contributed by atoms with Gasteiger partial charge in [-0.25, -0.2) is 9.59 Å². The van der Waals surface area contributed by atoms with Gasteiger partial charge in [0.2, 0.25) is 0 Å². The lowest BCUT2D eigenvalue weighted by Gasteiger charge is -2.19. The topological polar surface area (TPSA) is 80.4 Å². The van der Waals surface area contributed by atoms with Crippen LogP contribution >= 0.6 is 0 Å². The highest BCUT2D eigenvalue weighted by Crippen LogP contribution is 2.25. The summed E-state index contributed by atoms with van der Waals surface area (Å²) in [4.78, 5) is 26.4. The fourth-order valence-corrected chi connectivity index (χ4v) is 1.88. The van der Waals surface area contributed by atoms with Gasteiger partial charge in [-0.05, 0) is 39.0 Å². The van der Waals surface area contributed by atoms with Gasteiger partial charge in [0, 0.05) is 17.1 Å². The van der Waals surface area contributed by atoms with Gasteiger partial charge in [-0.15, -0.1) is 0 Å². The number of aromatic nitrogens is 1. The van der Waals surface area contributed by atoms with Crippen molar-refractivity contribution >= 4 is 28.7 Å². The minimum absolute atomic E-state index is 0.414. The van der Waals surface area contributed by atoms with Crippen LogP contribution in [-0.2, 0) is 9.47 Å². The maximum absolute atomic E-state index is 11.8. The van der Waals surface area contributed by atoms with Crippen molar-refractivity contribution in [3.8, 4) is 0 Å². The van der Waals surface area contributed by atoms with Crippen molar-refractivity contribution in [2.24, 2.45) is 0 Å². The number of esters is 1. The van der Waals surface area contributed by atoms with E-state index in [0.29, 0.717) is 16.6 Å². The first-order valence-corrected chi connectivity index (χ1v) is 6.49. The summed E-state index contributed by atoms with van der Waals surface area (Å²) in [6.45, 7) is 5.37. The van der Waals surface area contributed by atoms with Gasteiger partial charge >= 0.3 is 12.1 Å². The molecule has 2 rings (SSSR count). The van der Waals surface area contributed by atoms with Gasteiger partial charge in [0.05, 0.1) is 18.4 Å². The number of rotatable bonds is 2. The summed E-state index contributed by atoms with van der Waals surface area (Å²) >= 11 is 0. The number of anilines is 1. The highest BCUT2D eigenvalue weighted by molar-refractivity contribution is 6.03. The molecule has 2 aromatic rings.